The largest absolute Gasteiger partial charge is 0.0721 e. The summed E-state index contributed by atoms with van der Waals surface area (Å²) in [5.41, 5.74) is 0. The summed E-state index contributed by atoms with van der Waals surface area (Å²) in [6.07, 6.45) is 0. The summed E-state index contributed by atoms with van der Waals surface area (Å²) in [6, 6.07) is 11.2. The Morgan fingerprint density at radius 3 is 1.79 bits per heavy atom. The van der Waals surface area contributed by atoms with Gasteiger partial charge in [-0.1, -0.05) is 68.3 Å². The molecule has 1 aromatic rings. The minimum atomic E-state index is -1.01. The molecule has 0 N–H and O–H groups in total. The van der Waals surface area contributed by atoms with E-state index in [1.807, 2.05) is 0 Å². The van der Waals surface area contributed by atoms with Gasteiger partial charge in [-0.25, -0.2) is 0 Å². The third-order valence-electron chi connectivity index (χ3n) is 2.53. The van der Waals surface area contributed by atoms with Gasteiger partial charge in [-0.2, -0.15) is 0 Å². The minimum absolute atomic E-state index is 0.157. The topological polar surface area (TPSA) is 0 Å². The monoisotopic (exact) mass is 238 g/mol. The van der Waals surface area contributed by atoms with Crippen molar-refractivity contribution in [3.05, 3.63) is 30.3 Å². The Kier molecular flexibility index (Phi) is 3.55. The molecule has 0 radical (unpaired) electrons. The fourth-order valence-corrected chi connectivity index (χ4v) is 41.2. The maximum absolute atomic E-state index is 2.56. The Labute approximate surface area is 92.2 Å². The molecular formula is C11H22Si3. The van der Waals surface area contributed by atoms with Crippen LogP contribution in [-0.2, 0) is 0 Å². The molecule has 0 amide bonds. The smallest absolute Gasteiger partial charge is 0.0644 e. The first-order valence-electron chi connectivity index (χ1n) is 5.37. The van der Waals surface area contributed by atoms with Crippen molar-refractivity contribution >= 4 is 28.9 Å². The van der Waals surface area contributed by atoms with Gasteiger partial charge in [-0.3, -0.25) is 0 Å². The van der Waals surface area contributed by atoms with E-state index in [0.29, 0.717) is 0 Å². The van der Waals surface area contributed by atoms with Crippen LogP contribution in [-0.4, -0.2) is 23.7 Å². The molecule has 0 spiro atoms. The lowest BCUT2D eigenvalue weighted by atomic mass is 10.4. The fraction of sp³-hybridized carbons (Fsp3) is 0.455. The molecule has 0 saturated heterocycles. The van der Waals surface area contributed by atoms with Crippen LogP contribution in [0, 0.1) is 0 Å². The zero-order valence-corrected chi connectivity index (χ0v) is 13.5. The quantitative estimate of drug-likeness (QED) is 0.708. The highest BCUT2D eigenvalue weighted by atomic mass is 29.6. The first kappa shape index (κ1) is 11.9. The van der Waals surface area contributed by atoms with Crippen molar-refractivity contribution in [3.63, 3.8) is 0 Å². The van der Waals surface area contributed by atoms with Gasteiger partial charge < -0.3 is 0 Å². The van der Waals surface area contributed by atoms with Crippen molar-refractivity contribution in [1.82, 2.24) is 0 Å². The second-order valence-corrected chi connectivity index (χ2v) is 31.7. The summed E-state index contributed by atoms with van der Waals surface area (Å²) >= 11 is 0. The van der Waals surface area contributed by atoms with Crippen LogP contribution >= 0.6 is 0 Å². The second-order valence-electron chi connectivity index (χ2n) is 5.99. The minimum Gasteiger partial charge on any atom is -0.0721 e. The molecule has 0 nitrogen and oxygen atoms in total. The third-order valence-corrected chi connectivity index (χ3v) is 30.9. The molecule has 1 rings (SSSR count). The molecule has 0 unspecified atom stereocenters. The fourth-order valence-electron chi connectivity index (χ4n) is 2.32. The Balaban J connectivity index is 2.86. The first-order valence-corrected chi connectivity index (χ1v) is 16.5. The van der Waals surface area contributed by atoms with Crippen molar-refractivity contribution in [1.29, 1.82) is 0 Å². The molecule has 1 aromatic carbocycles. The highest BCUT2D eigenvalue weighted by molar-refractivity contribution is 7.55. The van der Waals surface area contributed by atoms with Crippen molar-refractivity contribution in [2.75, 3.05) is 0 Å². The van der Waals surface area contributed by atoms with Crippen LogP contribution in [0.15, 0.2) is 30.3 Å². The van der Waals surface area contributed by atoms with Gasteiger partial charge in [0.05, 0.1) is 7.59 Å². The Bertz CT molecular complexity index is 285. The van der Waals surface area contributed by atoms with Crippen molar-refractivity contribution in [2.45, 2.75) is 32.7 Å². The average Bonchev–Trinajstić information content (AvgIpc) is 2.01. The molecule has 0 atom stereocenters. The number of benzene rings is 1. The van der Waals surface area contributed by atoms with Gasteiger partial charge in [0.25, 0.3) is 0 Å². The number of hydrogen-bond donors (Lipinski definition) is 0. The summed E-state index contributed by atoms with van der Waals surface area (Å²) in [5, 5.41) is 1.68. The number of hydrogen-bond acceptors (Lipinski definition) is 0. The SMILES string of the molecule is C[Si](C)(C)[SiH2][Si](C)(C)c1ccccc1. The van der Waals surface area contributed by atoms with Crippen LogP contribution in [0.5, 0.6) is 0 Å². The lowest BCUT2D eigenvalue weighted by Gasteiger charge is -2.29. The van der Waals surface area contributed by atoms with E-state index in [1.54, 1.807) is 5.19 Å². The summed E-state index contributed by atoms with van der Waals surface area (Å²) in [6.45, 7) is 12.7. The molecule has 0 aliphatic rings. The van der Waals surface area contributed by atoms with Gasteiger partial charge in [0.1, 0.15) is 0 Å². The van der Waals surface area contributed by atoms with Gasteiger partial charge in [0, 0.05) is 16.1 Å². The molecule has 0 aliphatic carbocycles. The zero-order chi connectivity index (χ0) is 10.8. The van der Waals surface area contributed by atoms with Crippen LogP contribution in [0.2, 0.25) is 32.7 Å². The molecule has 0 aliphatic heterocycles. The molecule has 0 heterocycles. The molecule has 0 fully saturated rings. The van der Waals surface area contributed by atoms with E-state index in [0.717, 1.165) is 0 Å². The van der Waals surface area contributed by atoms with Crippen molar-refractivity contribution < 1.29 is 0 Å². The summed E-state index contributed by atoms with van der Waals surface area (Å²) in [4.78, 5) is 0. The van der Waals surface area contributed by atoms with Gasteiger partial charge in [-0.05, 0) is 0 Å². The highest BCUT2D eigenvalue weighted by Crippen LogP contribution is 2.09. The van der Waals surface area contributed by atoms with Crippen LogP contribution < -0.4 is 5.19 Å². The normalized spacial score (nSPS) is 13.8. The summed E-state index contributed by atoms with van der Waals surface area (Å²) in [5.74, 6) is 0. The van der Waals surface area contributed by atoms with E-state index in [1.165, 1.54) is 0 Å². The standard InChI is InChI=1S/C11H22Si3/c1-13(2,3)12-14(4,5)11-9-7-6-8-10-11/h6-10H,12H2,1-5H3. The molecular weight excluding hydrogens is 216 g/mol. The van der Waals surface area contributed by atoms with E-state index < -0.39 is 15.2 Å². The van der Waals surface area contributed by atoms with E-state index >= 15 is 0 Å². The first-order chi connectivity index (χ1) is 6.31. The highest BCUT2D eigenvalue weighted by Gasteiger charge is 2.30. The third kappa shape index (κ3) is 3.55. The molecule has 3 heteroatoms. The van der Waals surface area contributed by atoms with Gasteiger partial charge in [0.2, 0.25) is 0 Å². The van der Waals surface area contributed by atoms with Crippen LogP contribution in [0.4, 0.5) is 0 Å². The number of rotatable bonds is 3. The molecule has 0 aromatic heterocycles. The van der Waals surface area contributed by atoms with E-state index in [2.05, 4.69) is 63.1 Å². The van der Waals surface area contributed by atoms with Crippen LogP contribution in [0.25, 0.3) is 0 Å². The Hall–Kier alpha value is -0.129. The summed E-state index contributed by atoms with van der Waals surface area (Å²) in [7, 11) is -1.63. The van der Waals surface area contributed by atoms with Crippen LogP contribution in [0.1, 0.15) is 0 Å². The van der Waals surface area contributed by atoms with Gasteiger partial charge in [-0.15, -0.1) is 0 Å². The average molecular weight is 239 g/mol. The Morgan fingerprint density at radius 1 is 0.857 bits per heavy atom. The predicted molar refractivity (Wildman–Crippen MR) is 75.4 cm³/mol. The lowest BCUT2D eigenvalue weighted by Crippen LogP contribution is -2.56. The van der Waals surface area contributed by atoms with Crippen LogP contribution in [0.3, 0.4) is 0 Å². The van der Waals surface area contributed by atoms with Crippen molar-refractivity contribution in [3.8, 4) is 0 Å². The van der Waals surface area contributed by atoms with Gasteiger partial charge >= 0.3 is 0 Å². The van der Waals surface area contributed by atoms with E-state index in [-0.39, 0.29) is 8.55 Å². The van der Waals surface area contributed by atoms with Gasteiger partial charge in [0.15, 0.2) is 0 Å². The molecule has 0 bridgehead atoms. The van der Waals surface area contributed by atoms with E-state index in [9.17, 15) is 0 Å². The van der Waals surface area contributed by atoms with E-state index in [4.69, 9.17) is 0 Å². The predicted octanol–water partition coefficient (Wildman–Crippen LogP) is 2.10. The molecule has 78 valence electrons. The maximum atomic E-state index is 2.56. The maximum Gasteiger partial charge on any atom is 0.0644 e. The lowest BCUT2D eigenvalue weighted by molar-refractivity contribution is 1.73. The molecule has 14 heavy (non-hydrogen) atoms. The second kappa shape index (κ2) is 4.16. The summed E-state index contributed by atoms with van der Waals surface area (Å²) < 4.78 is 0. The zero-order valence-electron chi connectivity index (χ0n) is 10.1. The van der Waals surface area contributed by atoms with Crippen molar-refractivity contribution in [2.24, 2.45) is 0 Å². The Morgan fingerprint density at radius 2 is 1.36 bits per heavy atom. The molecule has 0 saturated carbocycles.